The number of ether oxygens (including phenoxy) is 2. The van der Waals surface area contributed by atoms with Crippen LogP contribution in [0, 0.1) is 5.82 Å². The number of alkyl halides is 3. The van der Waals surface area contributed by atoms with Crippen molar-refractivity contribution in [3.63, 3.8) is 0 Å². The number of benzene rings is 1. The maximum Gasteiger partial charge on any atom is 0.573 e. The zero-order chi connectivity index (χ0) is 14.8. The molecule has 0 aromatic heterocycles. The van der Waals surface area contributed by atoms with Crippen LogP contribution in [0.3, 0.4) is 0 Å². The van der Waals surface area contributed by atoms with Gasteiger partial charge in [-0.1, -0.05) is 0 Å². The number of methoxy groups -OCH3 is 1. The second kappa shape index (κ2) is 5.07. The van der Waals surface area contributed by atoms with Crippen molar-refractivity contribution < 1.29 is 31.8 Å². The van der Waals surface area contributed by atoms with E-state index in [9.17, 15) is 22.4 Å². The lowest BCUT2D eigenvalue weighted by Crippen LogP contribution is -2.30. The highest BCUT2D eigenvalue weighted by Crippen LogP contribution is 2.31. The molecule has 1 aromatic carbocycles. The summed E-state index contributed by atoms with van der Waals surface area (Å²) >= 11 is 0. The van der Waals surface area contributed by atoms with E-state index in [2.05, 4.69) is 9.47 Å². The first kappa shape index (κ1) is 15.3. The molecular weight excluding hydrogens is 268 g/mol. The van der Waals surface area contributed by atoms with Crippen molar-refractivity contribution in [2.45, 2.75) is 25.6 Å². The number of halogens is 4. The summed E-state index contributed by atoms with van der Waals surface area (Å²) in [5.74, 6) is -2.36. The summed E-state index contributed by atoms with van der Waals surface area (Å²) in [5.41, 5.74) is -1.26. The van der Waals surface area contributed by atoms with Crippen LogP contribution in [-0.2, 0) is 14.9 Å². The molecule has 106 valence electrons. The molecule has 1 aromatic rings. The first-order chi connectivity index (χ1) is 8.56. The molecule has 7 heteroatoms. The van der Waals surface area contributed by atoms with Crippen molar-refractivity contribution in [2.24, 2.45) is 0 Å². The van der Waals surface area contributed by atoms with Gasteiger partial charge in [-0.3, -0.25) is 4.79 Å². The second-order valence-electron chi connectivity index (χ2n) is 4.34. The largest absolute Gasteiger partial charge is 0.573 e. The lowest BCUT2D eigenvalue weighted by Gasteiger charge is -2.22. The van der Waals surface area contributed by atoms with E-state index in [1.165, 1.54) is 13.8 Å². The highest BCUT2D eigenvalue weighted by Gasteiger charge is 2.34. The van der Waals surface area contributed by atoms with E-state index in [0.717, 1.165) is 19.2 Å². The number of rotatable bonds is 3. The molecule has 0 bridgehead atoms. The zero-order valence-electron chi connectivity index (χ0n) is 10.5. The lowest BCUT2D eigenvalue weighted by molar-refractivity contribution is -0.274. The number of hydrogen-bond donors (Lipinski definition) is 0. The average Bonchev–Trinajstić information content (AvgIpc) is 2.24. The normalized spacial score (nSPS) is 12.2. The van der Waals surface area contributed by atoms with E-state index in [1.807, 2.05) is 0 Å². The van der Waals surface area contributed by atoms with Crippen molar-refractivity contribution in [1.29, 1.82) is 0 Å². The van der Waals surface area contributed by atoms with Crippen molar-refractivity contribution in [2.75, 3.05) is 7.11 Å². The topological polar surface area (TPSA) is 35.5 Å². The Bertz CT molecular complexity index is 480. The fourth-order valence-electron chi connectivity index (χ4n) is 1.49. The number of carbonyl (C=O) groups is 1. The van der Waals surface area contributed by atoms with Crippen LogP contribution in [-0.4, -0.2) is 19.4 Å². The van der Waals surface area contributed by atoms with Gasteiger partial charge in [0.25, 0.3) is 0 Å². The molecule has 0 saturated heterocycles. The standard InChI is InChI=1S/C12H12F4O3/c1-11(2,10(17)18-3)7-4-8(13)6-9(5-7)19-12(14,15)16/h4-6H,1-3H3. The maximum atomic E-state index is 13.3. The minimum absolute atomic E-state index is 0.0265. The molecule has 0 aliphatic carbocycles. The van der Waals surface area contributed by atoms with Gasteiger partial charge in [-0.15, -0.1) is 13.2 Å². The third-order valence-electron chi connectivity index (χ3n) is 2.52. The Morgan fingerprint density at radius 1 is 1.16 bits per heavy atom. The molecule has 19 heavy (non-hydrogen) atoms. The number of hydrogen-bond acceptors (Lipinski definition) is 3. The second-order valence-corrected chi connectivity index (χ2v) is 4.34. The van der Waals surface area contributed by atoms with E-state index in [4.69, 9.17) is 0 Å². The molecule has 0 aliphatic heterocycles. The molecule has 0 spiro atoms. The summed E-state index contributed by atoms with van der Waals surface area (Å²) in [6, 6.07) is 2.50. The molecule has 0 heterocycles. The molecule has 0 amide bonds. The smallest absolute Gasteiger partial charge is 0.468 e. The Morgan fingerprint density at radius 2 is 1.74 bits per heavy atom. The summed E-state index contributed by atoms with van der Waals surface area (Å²) < 4.78 is 57.7. The maximum absolute atomic E-state index is 13.3. The van der Waals surface area contributed by atoms with Crippen molar-refractivity contribution in [3.05, 3.63) is 29.6 Å². The first-order valence-electron chi connectivity index (χ1n) is 5.21. The molecular formula is C12H12F4O3. The van der Waals surface area contributed by atoms with Crippen molar-refractivity contribution >= 4 is 5.97 Å². The Balaban J connectivity index is 3.20. The highest BCUT2D eigenvalue weighted by atomic mass is 19.4. The summed E-state index contributed by atoms with van der Waals surface area (Å²) in [5, 5.41) is 0. The fourth-order valence-corrected chi connectivity index (χ4v) is 1.49. The molecule has 0 fully saturated rings. The van der Waals surface area contributed by atoms with Crippen LogP contribution in [0.1, 0.15) is 19.4 Å². The average molecular weight is 280 g/mol. The third kappa shape index (κ3) is 3.84. The molecule has 1 rings (SSSR count). The van der Waals surface area contributed by atoms with Crippen LogP contribution in [0.25, 0.3) is 0 Å². The van der Waals surface area contributed by atoms with Gasteiger partial charge in [0.05, 0.1) is 12.5 Å². The predicted octanol–water partition coefficient (Wildman–Crippen LogP) is 3.17. The van der Waals surface area contributed by atoms with E-state index in [1.54, 1.807) is 0 Å². The SMILES string of the molecule is COC(=O)C(C)(C)c1cc(F)cc(OC(F)(F)F)c1. The van der Waals surface area contributed by atoms with Crippen LogP contribution in [0.15, 0.2) is 18.2 Å². The van der Waals surface area contributed by atoms with Gasteiger partial charge in [-0.05, 0) is 31.5 Å². The number of esters is 1. The Hall–Kier alpha value is -1.79. The fraction of sp³-hybridized carbons (Fsp3) is 0.417. The monoisotopic (exact) mass is 280 g/mol. The van der Waals surface area contributed by atoms with Gasteiger partial charge in [0.15, 0.2) is 0 Å². The molecule has 0 atom stereocenters. The summed E-state index contributed by atoms with van der Waals surface area (Å²) in [4.78, 5) is 11.5. The van der Waals surface area contributed by atoms with Gasteiger partial charge in [0, 0.05) is 6.07 Å². The Labute approximate surface area is 107 Å². The Morgan fingerprint density at radius 3 is 2.21 bits per heavy atom. The number of carbonyl (C=O) groups excluding carboxylic acids is 1. The molecule has 3 nitrogen and oxygen atoms in total. The Kier molecular flexibility index (Phi) is 4.07. The van der Waals surface area contributed by atoms with E-state index < -0.39 is 29.3 Å². The molecule has 0 N–H and O–H groups in total. The van der Waals surface area contributed by atoms with Gasteiger partial charge in [0.2, 0.25) is 0 Å². The van der Waals surface area contributed by atoms with E-state index >= 15 is 0 Å². The zero-order valence-corrected chi connectivity index (χ0v) is 10.5. The quantitative estimate of drug-likeness (QED) is 0.630. The van der Waals surface area contributed by atoms with Crippen LogP contribution < -0.4 is 4.74 Å². The molecule has 0 aliphatic rings. The molecule has 0 radical (unpaired) electrons. The van der Waals surface area contributed by atoms with Gasteiger partial charge in [-0.2, -0.15) is 0 Å². The van der Waals surface area contributed by atoms with Gasteiger partial charge < -0.3 is 9.47 Å². The minimum atomic E-state index is -4.93. The van der Waals surface area contributed by atoms with Crippen molar-refractivity contribution in [3.8, 4) is 5.75 Å². The van der Waals surface area contributed by atoms with Crippen LogP contribution in [0.4, 0.5) is 17.6 Å². The van der Waals surface area contributed by atoms with E-state index in [0.29, 0.717) is 6.07 Å². The van der Waals surface area contributed by atoms with Crippen LogP contribution >= 0.6 is 0 Å². The van der Waals surface area contributed by atoms with Gasteiger partial charge >= 0.3 is 12.3 Å². The van der Waals surface area contributed by atoms with Crippen LogP contribution in [0.2, 0.25) is 0 Å². The summed E-state index contributed by atoms with van der Waals surface area (Å²) in [6.07, 6.45) is -4.93. The van der Waals surface area contributed by atoms with Crippen LogP contribution in [0.5, 0.6) is 5.75 Å². The highest BCUT2D eigenvalue weighted by molar-refractivity contribution is 5.82. The predicted molar refractivity (Wildman–Crippen MR) is 58.1 cm³/mol. The minimum Gasteiger partial charge on any atom is -0.468 e. The van der Waals surface area contributed by atoms with E-state index in [-0.39, 0.29) is 5.56 Å². The summed E-state index contributed by atoms with van der Waals surface area (Å²) in [6.45, 7) is 2.82. The third-order valence-corrected chi connectivity index (χ3v) is 2.52. The van der Waals surface area contributed by atoms with Gasteiger partial charge in [0.1, 0.15) is 11.6 Å². The van der Waals surface area contributed by atoms with Crippen molar-refractivity contribution in [1.82, 2.24) is 0 Å². The molecule has 0 unspecified atom stereocenters. The first-order valence-corrected chi connectivity index (χ1v) is 5.21. The van der Waals surface area contributed by atoms with Gasteiger partial charge in [-0.25, -0.2) is 4.39 Å². The molecule has 0 saturated carbocycles. The lowest BCUT2D eigenvalue weighted by atomic mass is 9.84. The summed E-state index contributed by atoms with van der Waals surface area (Å²) in [7, 11) is 1.14.